The summed E-state index contributed by atoms with van der Waals surface area (Å²) in [5.41, 5.74) is 9.91. The van der Waals surface area contributed by atoms with Crippen molar-refractivity contribution in [2.24, 2.45) is 0 Å². The maximum atomic E-state index is 11.4. The van der Waals surface area contributed by atoms with Crippen molar-refractivity contribution in [3.63, 3.8) is 0 Å². The summed E-state index contributed by atoms with van der Waals surface area (Å²) in [6, 6.07) is 10.8. The van der Waals surface area contributed by atoms with Gasteiger partial charge < -0.3 is 24.7 Å². The van der Waals surface area contributed by atoms with E-state index >= 15 is 0 Å². The van der Waals surface area contributed by atoms with Gasteiger partial charge in [-0.3, -0.25) is 9.79 Å². The van der Waals surface area contributed by atoms with E-state index in [1.54, 1.807) is 12.1 Å². The average molecular weight is 557 g/mol. The molecule has 0 unspecified atom stereocenters. The number of anilines is 1. The Morgan fingerprint density at radius 1 is 1.13 bits per heavy atom. The summed E-state index contributed by atoms with van der Waals surface area (Å²) in [4.78, 5) is 28.1. The van der Waals surface area contributed by atoms with Gasteiger partial charge in [-0.2, -0.15) is 0 Å². The number of pyridine rings is 1. The van der Waals surface area contributed by atoms with E-state index in [-0.39, 0.29) is 23.5 Å². The monoisotopic (exact) mass is 556 g/mol. The molecule has 0 aliphatic carbocycles. The molecular weight excluding hydrogens is 519 g/mol. The fourth-order valence-electron chi connectivity index (χ4n) is 4.76. The van der Waals surface area contributed by atoms with Gasteiger partial charge >= 0.3 is 7.82 Å². The second-order valence-corrected chi connectivity index (χ2v) is 11.5. The quantitative estimate of drug-likeness (QED) is 0.132. The van der Waals surface area contributed by atoms with Gasteiger partial charge in [0, 0.05) is 30.6 Å². The molecular formula is C28H37N4O6P. The van der Waals surface area contributed by atoms with Crippen molar-refractivity contribution in [2.45, 2.75) is 65.3 Å². The summed E-state index contributed by atoms with van der Waals surface area (Å²) in [5.74, 6) is 0.479. The smallest absolute Gasteiger partial charge is 0.504 e. The number of benzene rings is 2. The number of phenols is 1. The number of nitrogen functional groups attached to an aromatic ring is 1. The number of phosphoric ester groups is 1. The summed E-state index contributed by atoms with van der Waals surface area (Å²) in [6.07, 6.45) is 3.40. The van der Waals surface area contributed by atoms with Gasteiger partial charge in [0.2, 0.25) is 0 Å². The SMILES string of the molecule is CCCCc1nc2c(N)nc3ccc(C(C)(C)CCOCC)cc3c2n1Cc1cccc(OP(=O)(O)O)c1O. The molecule has 2 aromatic heterocycles. The first-order chi connectivity index (χ1) is 18.4. The Labute approximate surface area is 228 Å². The summed E-state index contributed by atoms with van der Waals surface area (Å²) < 4.78 is 23.8. The van der Waals surface area contributed by atoms with Crippen molar-refractivity contribution >= 4 is 35.6 Å². The van der Waals surface area contributed by atoms with Gasteiger partial charge in [-0.25, -0.2) is 14.5 Å². The minimum atomic E-state index is -4.85. The molecule has 210 valence electrons. The molecule has 0 bridgehead atoms. The lowest BCUT2D eigenvalue weighted by atomic mass is 9.81. The van der Waals surface area contributed by atoms with Crippen molar-refractivity contribution in [2.75, 3.05) is 18.9 Å². The lowest BCUT2D eigenvalue weighted by Gasteiger charge is -2.25. The number of hydrogen-bond acceptors (Lipinski definition) is 7. The number of aromatic hydroxyl groups is 1. The zero-order valence-electron chi connectivity index (χ0n) is 22.8. The molecule has 5 N–H and O–H groups in total. The summed E-state index contributed by atoms with van der Waals surface area (Å²) in [7, 11) is -4.85. The lowest BCUT2D eigenvalue weighted by Crippen LogP contribution is -2.19. The maximum absolute atomic E-state index is 11.4. The number of phosphoric acid groups is 1. The molecule has 2 aromatic carbocycles. The predicted octanol–water partition coefficient (Wildman–Crippen LogP) is 5.44. The standard InChI is InChI=1S/C28H37N4O6P/c1-5-7-11-23-31-24-25(32(23)17-18-9-8-10-22(26(18)33)38-39(34,35)36)20-16-19(12-13-21(20)30-27(24)29)28(3,4)14-15-37-6-2/h8-10,12-13,16,33H,5-7,11,14-15,17H2,1-4H3,(H2,29,30)(H2,34,35,36). The fraction of sp³-hybridized carbons (Fsp3) is 0.429. The largest absolute Gasteiger partial charge is 0.524 e. The fourth-order valence-corrected chi connectivity index (χ4v) is 5.16. The Morgan fingerprint density at radius 2 is 1.90 bits per heavy atom. The van der Waals surface area contributed by atoms with Crippen LogP contribution < -0.4 is 10.3 Å². The van der Waals surface area contributed by atoms with E-state index in [1.165, 1.54) is 6.07 Å². The molecule has 0 amide bonds. The van der Waals surface area contributed by atoms with Gasteiger partial charge in [-0.15, -0.1) is 0 Å². The summed E-state index contributed by atoms with van der Waals surface area (Å²) >= 11 is 0. The van der Waals surface area contributed by atoms with E-state index < -0.39 is 7.82 Å². The van der Waals surface area contributed by atoms with Crippen LogP contribution in [-0.2, 0) is 27.7 Å². The van der Waals surface area contributed by atoms with E-state index in [4.69, 9.17) is 20.0 Å². The zero-order chi connectivity index (χ0) is 28.4. The first-order valence-electron chi connectivity index (χ1n) is 13.2. The first-order valence-corrected chi connectivity index (χ1v) is 14.7. The molecule has 0 aliphatic rings. The highest BCUT2D eigenvalue weighted by molar-refractivity contribution is 7.46. The van der Waals surface area contributed by atoms with Gasteiger partial charge in [0.05, 0.1) is 17.6 Å². The molecule has 0 saturated heterocycles. The van der Waals surface area contributed by atoms with Crippen molar-refractivity contribution < 1.29 is 28.7 Å². The molecule has 4 aromatic rings. The average Bonchev–Trinajstić information content (AvgIpc) is 3.23. The zero-order valence-corrected chi connectivity index (χ0v) is 23.7. The molecule has 0 aliphatic heterocycles. The van der Waals surface area contributed by atoms with Crippen LogP contribution in [0.3, 0.4) is 0 Å². The van der Waals surface area contributed by atoms with Crippen LogP contribution in [0.15, 0.2) is 36.4 Å². The number of aryl methyl sites for hydroxylation is 1. The second kappa shape index (κ2) is 11.5. The number of para-hydroxylation sites is 1. The van der Waals surface area contributed by atoms with Crippen LogP contribution in [0.2, 0.25) is 0 Å². The molecule has 0 spiro atoms. The van der Waals surface area contributed by atoms with Crippen LogP contribution in [0.25, 0.3) is 21.9 Å². The summed E-state index contributed by atoms with van der Waals surface area (Å²) in [5, 5.41) is 11.7. The molecule has 2 heterocycles. The third-order valence-electron chi connectivity index (χ3n) is 7.02. The van der Waals surface area contributed by atoms with Crippen LogP contribution in [0.1, 0.15) is 63.9 Å². The summed E-state index contributed by atoms with van der Waals surface area (Å²) in [6.45, 7) is 9.97. The van der Waals surface area contributed by atoms with Crippen LogP contribution in [-0.4, -0.2) is 42.6 Å². The molecule has 0 radical (unpaired) electrons. The van der Waals surface area contributed by atoms with Gasteiger partial charge in [0.1, 0.15) is 11.3 Å². The first kappa shape index (κ1) is 28.8. The molecule has 10 nitrogen and oxygen atoms in total. The van der Waals surface area contributed by atoms with Crippen molar-refractivity contribution in [3.8, 4) is 11.5 Å². The van der Waals surface area contributed by atoms with E-state index in [9.17, 15) is 19.5 Å². The van der Waals surface area contributed by atoms with Crippen LogP contribution in [0.5, 0.6) is 11.5 Å². The minimum absolute atomic E-state index is 0.153. The minimum Gasteiger partial charge on any atom is -0.504 e. The lowest BCUT2D eigenvalue weighted by molar-refractivity contribution is 0.130. The molecule has 39 heavy (non-hydrogen) atoms. The Kier molecular flexibility index (Phi) is 8.51. The Bertz CT molecular complexity index is 1530. The third-order valence-corrected chi connectivity index (χ3v) is 7.46. The number of rotatable bonds is 12. The van der Waals surface area contributed by atoms with E-state index in [1.807, 2.05) is 17.6 Å². The van der Waals surface area contributed by atoms with E-state index in [0.29, 0.717) is 36.5 Å². The number of nitrogens with two attached hydrogens (primary N) is 1. The molecule has 0 saturated carbocycles. The van der Waals surface area contributed by atoms with Gasteiger partial charge in [0.25, 0.3) is 0 Å². The normalized spacial score (nSPS) is 12.5. The number of unbranched alkanes of at least 4 members (excludes halogenated alkanes) is 1. The highest BCUT2D eigenvalue weighted by atomic mass is 31.2. The third kappa shape index (κ3) is 6.36. The predicted molar refractivity (Wildman–Crippen MR) is 152 cm³/mol. The number of phenolic OH excluding ortho intramolecular Hbond substituents is 1. The van der Waals surface area contributed by atoms with Crippen LogP contribution >= 0.6 is 7.82 Å². The highest BCUT2D eigenvalue weighted by Crippen LogP contribution is 2.43. The van der Waals surface area contributed by atoms with Crippen LogP contribution in [0, 0.1) is 0 Å². The van der Waals surface area contributed by atoms with E-state index in [0.717, 1.165) is 47.1 Å². The van der Waals surface area contributed by atoms with Gasteiger partial charge in [-0.1, -0.05) is 45.4 Å². The number of nitrogens with zero attached hydrogens (tertiary/aromatic N) is 3. The molecule has 0 atom stereocenters. The Morgan fingerprint density at radius 3 is 2.59 bits per heavy atom. The molecule has 4 rings (SSSR count). The maximum Gasteiger partial charge on any atom is 0.524 e. The van der Waals surface area contributed by atoms with Gasteiger partial charge in [-0.05, 0) is 48.9 Å². The topological polar surface area (TPSA) is 153 Å². The van der Waals surface area contributed by atoms with Crippen molar-refractivity contribution in [3.05, 3.63) is 53.3 Å². The number of fused-ring (bicyclic) bond motifs is 3. The molecule has 11 heteroatoms. The number of aromatic nitrogens is 3. The van der Waals surface area contributed by atoms with Crippen LogP contribution in [0.4, 0.5) is 5.82 Å². The molecule has 0 fully saturated rings. The number of imidazole rings is 1. The van der Waals surface area contributed by atoms with Crippen molar-refractivity contribution in [1.29, 1.82) is 0 Å². The second-order valence-electron chi connectivity index (χ2n) is 10.3. The van der Waals surface area contributed by atoms with Gasteiger partial charge in [0.15, 0.2) is 17.3 Å². The highest BCUT2D eigenvalue weighted by Gasteiger charge is 2.25. The Hall–Kier alpha value is -3.17. The number of hydrogen-bond donors (Lipinski definition) is 4. The Balaban J connectivity index is 1.91. The van der Waals surface area contributed by atoms with E-state index in [2.05, 4.69) is 37.9 Å². The van der Waals surface area contributed by atoms with Crippen molar-refractivity contribution in [1.82, 2.24) is 14.5 Å². The number of ether oxygens (including phenoxy) is 1.